The standard InChI is InChI=1S/C12H24O3/c1-11(2,3)10-9(14)12(4,5)6-8(7-13)15-10/h8-10,13-14H,6-7H2,1-5H3. The Hall–Kier alpha value is -0.120. The number of aliphatic hydroxyl groups excluding tert-OH is 2. The summed E-state index contributed by atoms with van der Waals surface area (Å²) in [7, 11) is 0. The highest BCUT2D eigenvalue weighted by Gasteiger charge is 2.47. The number of aliphatic hydroxyl groups is 2. The summed E-state index contributed by atoms with van der Waals surface area (Å²) in [5.74, 6) is 0. The van der Waals surface area contributed by atoms with Crippen LogP contribution in [0.1, 0.15) is 41.0 Å². The SMILES string of the molecule is CC(C)(C)C1OC(CO)CC(C)(C)C1O. The van der Waals surface area contributed by atoms with E-state index in [2.05, 4.69) is 20.8 Å². The summed E-state index contributed by atoms with van der Waals surface area (Å²) >= 11 is 0. The second kappa shape index (κ2) is 4.04. The minimum absolute atomic E-state index is 0.0305. The van der Waals surface area contributed by atoms with Crippen molar-refractivity contribution in [2.24, 2.45) is 10.8 Å². The molecule has 0 aromatic carbocycles. The van der Waals surface area contributed by atoms with E-state index in [0.717, 1.165) is 0 Å². The van der Waals surface area contributed by atoms with Gasteiger partial charge in [0.05, 0.1) is 24.9 Å². The summed E-state index contributed by atoms with van der Waals surface area (Å²) in [5, 5.41) is 19.4. The van der Waals surface area contributed by atoms with Crippen molar-refractivity contribution in [3.8, 4) is 0 Å². The van der Waals surface area contributed by atoms with Gasteiger partial charge in [-0.3, -0.25) is 0 Å². The van der Waals surface area contributed by atoms with Gasteiger partial charge in [-0.25, -0.2) is 0 Å². The molecule has 1 heterocycles. The van der Waals surface area contributed by atoms with Crippen LogP contribution in [0.2, 0.25) is 0 Å². The molecule has 0 aliphatic carbocycles. The van der Waals surface area contributed by atoms with Crippen molar-refractivity contribution in [3.05, 3.63) is 0 Å². The molecule has 0 spiro atoms. The van der Waals surface area contributed by atoms with Gasteiger partial charge < -0.3 is 14.9 Å². The normalized spacial score (nSPS) is 36.6. The summed E-state index contributed by atoms with van der Waals surface area (Å²) in [6.45, 7) is 10.2. The third-order valence-electron chi connectivity index (χ3n) is 3.24. The van der Waals surface area contributed by atoms with Crippen molar-refractivity contribution in [1.82, 2.24) is 0 Å². The molecule has 2 N–H and O–H groups in total. The summed E-state index contributed by atoms with van der Waals surface area (Å²) in [5.41, 5.74) is -0.297. The number of rotatable bonds is 1. The Morgan fingerprint density at radius 1 is 1.33 bits per heavy atom. The van der Waals surface area contributed by atoms with E-state index in [4.69, 9.17) is 4.74 Å². The predicted molar refractivity (Wildman–Crippen MR) is 59.6 cm³/mol. The lowest BCUT2D eigenvalue weighted by molar-refractivity contribution is -0.211. The highest BCUT2D eigenvalue weighted by atomic mass is 16.5. The second-order valence-corrected chi connectivity index (χ2v) is 6.36. The van der Waals surface area contributed by atoms with E-state index in [1.54, 1.807) is 0 Å². The third kappa shape index (κ3) is 2.71. The van der Waals surface area contributed by atoms with Crippen LogP contribution in [0.25, 0.3) is 0 Å². The lowest BCUT2D eigenvalue weighted by Gasteiger charge is -2.48. The molecule has 1 aliphatic heterocycles. The minimum atomic E-state index is -0.472. The van der Waals surface area contributed by atoms with Crippen molar-refractivity contribution in [3.63, 3.8) is 0 Å². The van der Waals surface area contributed by atoms with E-state index in [1.807, 2.05) is 13.8 Å². The maximum Gasteiger partial charge on any atom is 0.0892 e. The molecule has 0 radical (unpaired) electrons. The number of ether oxygens (including phenoxy) is 1. The molecule has 0 amide bonds. The van der Waals surface area contributed by atoms with Gasteiger partial charge in [0.1, 0.15) is 0 Å². The fourth-order valence-corrected chi connectivity index (χ4v) is 2.23. The van der Waals surface area contributed by atoms with Crippen LogP contribution in [0, 0.1) is 10.8 Å². The molecule has 1 saturated heterocycles. The largest absolute Gasteiger partial charge is 0.394 e. The Morgan fingerprint density at radius 3 is 2.27 bits per heavy atom. The zero-order chi connectivity index (χ0) is 11.9. The van der Waals surface area contributed by atoms with Crippen LogP contribution in [-0.2, 0) is 4.74 Å². The molecular weight excluding hydrogens is 192 g/mol. The first-order valence-corrected chi connectivity index (χ1v) is 5.63. The van der Waals surface area contributed by atoms with Crippen molar-refractivity contribution < 1.29 is 14.9 Å². The zero-order valence-electron chi connectivity index (χ0n) is 10.4. The topological polar surface area (TPSA) is 49.7 Å². The van der Waals surface area contributed by atoms with Crippen LogP contribution in [0.4, 0.5) is 0 Å². The Morgan fingerprint density at radius 2 is 1.87 bits per heavy atom. The molecule has 1 aliphatic rings. The molecule has 15 heavy (non-hydrogen) atoms. The van der Waals surface area contributed by atoms with Gasteiger partial charge in [0.15, 0.2) is 0 Å². The monoisotopic (exact) mass is 216 g/mol. The van der Waals surface area contributed by atoms with E-state index in [1.165, 1.54) is 0 Å². The summed E-state index contributed by atoms with van der Waals surface area (Å²) in [6, 6.07) is 0. The Balaban J connectivity index is 2.87. The molecule has 0 bridgehead atoms. The summed E-state index contributed by atoms with van der Waals surface area (Å²) < 4.78 is 5.75. The van der Waals surface area contributed by atoms with Crippen LogP contribution in [0.3, 0.4) is 0 Å². The molecule has 0 aromatic heterocycles. The van der Waals surface area contributed by atoms with Gasteiger partial charge in [-0.2, -0.15) is 0 Å². The first kappa shape index (κ1) is 12.9. The molecule has 3 heteroatoms. The average Bonchev–Trinajstić information content (AvgIpc) is 2.07. The van der Waals surface area contributed by atoms with Gasteiger partial charge in [0.25, 0.3) is 0 Å². The second-order valence-electron chi connectivity index (χ2n) is 6.36. The van der Waals surface area contributed by atoms with Crippen LogP contribution >= 0.6 is 0 Å². The molecule has 3 unspecified atom stereocenters. The third-order valence-corrected chi connectivity index (χ3v) is 3.24. The molecule has 1 rings (SSSR count). The molecule has 3 nitrogen and oxygen atoms in total. The zero-order valence-corrected chi connectivity index (χ0v) is 10.4. The van der Waals surface area contributed by atoms with Crippen molar-refractivity contribution in [2.75, 3.05) is 6.61 Å². The fourth-order valence-electron chi connectivity index (χ4n) is 2.23. The first-order valence-electron chi connectivity index (χ1n) is 5.63. The maximum atomic E-state index is 10.2. The van der Waals surface area contributed by atoms with Gasteiger partial charge >= 0.3 is 0 Å². The highest BCUT2D eigenvalue weighted by Crippen LogP contribution is 2.41. The minimum Gasteiger partial charge on any atom is -0.394 e. The molecule has 0 saturated carbocycles. The van der Waals surface area contributed by atoms with Crippen LogP contribution in [-0.4, -0.2) is 35.1 Å². The molecule has 90 valence electrons. The van der Waals surface area contributed by atoms with E-state index in [9.17, 15) is 10.2 Å². The Labute approximate surface area is 92.4 Å². The summed E-state index contributed by atoms with van der Waals surface area (Å²) in [4.78, 5) is 0. The predicted octanol–water partition coefficient (Wildman–Crippen LogP) is 1.57. The van der Waals surface area contributed by atoms with Gasteiger partial charge in [-0.15, -0.1) is 0 Å². The Kier molecular flexibility index (Phi) is 3.49. The van der Waals surface area contributed by atoms with Crippen LogP contribution < -0.4 is 0 Å². The molecule has 1 fully saturated rings. The fraction of sp³-hybridized carbons (Fsp3) is 1.00. The number of hydrogen-bond acceptors (Lipinski definition) is 3. The molecule has 0 aromatic rings. The van der Waals surface area contributed by atoms with E-state index in [0.29, 0.717) is 6.42 Å². The quantitative estimate of drug-likeness (QED) is 0.699. The summed E-state index contributed by atoms with van der Waals surface area (Å²) in [6.07, 6.45) is -0.122. The van der Waals surface area contributed by atoms with E-state index < -0.39 is 6.10 Å². The molecular formula is C12H24O3. The van der Waals surface area contributed by atoms with Crippen LogP contribution in [0.15, 0.2) is 0 Å². The van der Waals surface area contributed by atoms with Gasteiger partial charge in [0, 0.05) is 0 Å². The van der Waals surface area contributed by atoms with Gasteiger partial charge in [0.2, 0.25) is 0 Å². The number of hydrogen-bond donors (Lipinski definition) is 2. The average molecular weight is 216 g/mol. The van der Waals surface area contributed by atoms with Crippen molar-refractivity contribution in [2.45, 2.75) is 59.4 Å². The maximum absolute atomic E-state index is 10.2. The lowest BCUT2D eigenvalue weighted by atomic mass is 9.70. The van der Waals surface area contributed by atoms with E-state index >= 15 is 0 Å². The van der Waals surface area contributed by atoms with Gasteiger partial charge in [-0.1, -0.05) is 34.6 Å². The Bertz CT molecular complexity index is 217. The van der Waals surface area contributed by atoms with Gasteiger partial charge in [-0.05, 0) is 17.3 Å². The van der Waals surface area contributed by atoms with E-state index in [-0.39, 0.29) is 29.6 Å². The van der Waals surface area contributed by atoms with Crippen molar-refractivity contribution >= 4 is 0 Å². The smallest absolute Gasteiger partial charge is 0.0892 e. The molecule has 3 atom stereocenters. The lowest BCUT2D eigenvalue weighted by Crippen LogP contribution is -2.55. The first-order chi connectivity index (χ1) is 6.68. The van der Waals surface area contributed by atoms with Crippen LogP contribution in [0.5, 0.6) is 0 Å². The highest BCUT2D eigenvalue weighted by molar-refractivity contribution is 4.95. The van der Waals surface area contributed by atoms with Crippen molar-refractivity contribution in [1.29, 1.82) is 0 Å².